The van der Waals surface area contributed by atoms with E-state index in [1.165, 1.54) is 12.1 Å². The molecule has 0 saturated heterocycles. The fourth-order valence-corrected chi connectivity index (χ4v) is 3.19. The Morgan fingerprint density at radius 3 is 2.40 bits per heavy atom. The van der Waals surface area contributed by atoms with Crippen LogP contribution in [0.25, 0.3) is 0 Å². The zero-order valence-corrected chi connectivity index (χ0v) is 14.5. The molecule has 1 aliphatic rings. The molecule has 0 heterocycles. The van der Waals surface area contributed by atoms with E-state index in [-0.39, 0.29) is 12.5 Å². The number of alkyl halides is 3. The van der Waals surface area contributed by atoms with Gasteiger partial charge in [0.05, 0.1) is 12.1 Å². The molecule has 1 saturated carbocycles. The van der Waals surface area contributed by atoms with Crippen LogP contribution in [0.4, 0.5) is 13.2 Å². The molecule has 2 rings (SSSR count). The number of nitrogens with one attached hydrogen (secondary N) is 1. The van der Waals surface area contributed by atoms with Crippen molar-refractivity contribution in [3.8, 4) is 0 Å². The molecule has 0 aliphatic heterocycles. The van der Waals surface area contributed by atoms with Crippen LogP contribution >= 0.6 is 0 Å². The lowest BCUT2D eigenvalue weighted by Crippen LogP contribution is -2.54. The highest BCUT2D eigenvalue weighted by Gasteiger charge is 2.34. The van der Waals surface area contributed by atoms with Gasteiger partial charge in [0.15, 0.2) is 0 Å². The minimum absolute atomic E-state index is 0.0653. The summed E-state index contributed by atoms with van der Waals surface area (Å²) in [7, 11) is 0. The first-order chi connectivity index (χ1) is 11.7. The number of benzene rings is 1. The maximum atomic E-state index is 12.6. The van der Waals surface area contributed by atoms with Crippen molar-refractivity contribution in [2.75, 3.05) is 19.6 Å². The minimum atomic E-state index is -4.30. The molecule has 1 aliphatic carbocycles. The van der Waals surface area contributed by atoms with Crippen molar-refractivity contribution in [2.24, 2.45) is 0 Å². The molecule has 1 fully saturated rings. The fourth-order valence-electron chi connectivity index (χ4n) is 3.19. The van der Waals surface area contributed by atoms with E-state index in [1.54, 1.807) is 0 Å². The molecule has 1 aromatic carbocycles. The number of hydrogen-bond acceptors (Lipinski definition) is 3. The molecule has 1 atom stereocenters. The summed E-state index contributed by atoms with van der Waals surface area (Å²) in [6.07, 6.45) is -2.50. The van der Waals surface area contributed by atoms with Crippen molar-refractivity contribution in [3.63, 3.8) is 0 Å². The van der Waals surface area contributed by atoms with Gasteiger partial charge in [0, 0.05) is 18.6 Å². The summed E-state index contributed by atoms with van der Waals surface area (Å²) in [6.45, 7) is 5.40. The Morgan fingerprint density at radius 2 is 1.92 bits per heavy atom. The standard InChI is InChI=1S/C18H25F3N2O2/c1-3-23(11-17(24)25)16-8-15(9-16)22-10-12(2)13-4-6-14(7-5-13)18(19,20)21/h4-7,12,15-16,22H,3,8-11H2,1-2H3,(H,24,25). The Kier molecular flexibility index (Phi) is 6.46. The van der Waals surface area contributed by atoms with Crippen molar-refractivity contribution in [2.45, 2.75) is 50.9 Å². The Hall–Kier alpha value is -1.60. The summed E-state index contributed by atoms with van der Waals surface area (Å²) < 4.78 is 37.8. The van der Waals surface area contributed by atoms with E-state index in [9.17, 15) is 18.0 Å². The van der Waals surface area contributed by atoms with Crippen LogP contribution in [0, 0.1) is 0 Å². The van der Waals surface area contributed by atoms with E-state index in [2.05, 4.69) is 5.32 Å². The molecule has 1 aromatic rings. The Balaban J connectivity index is 1.76. The number of rotatable bonds is 8. The van der Waals surface area contributed by atoms with Crippen LogP contribution in [0.1, 0.15) is 43.7 Å². The lowest BCUT2D eigenvalue weighted by molar-refractivity contribution is -0.139. The first-order valence-electron chi connectivity index (χ1n) is 8.57. The number of likely N-dealkylation sites (N-methyl/N-ethyl adjacent to an activating group) is 1. The van der Waals surface area contributed by atoms with Crippen molar-refractivity contribution >= 4 is 5.97 Å². The third kappa shape index (κ3) is 5.44. The normalized spacial score (nSPS) is 21.8. The van der Waals surface area contributed by atoms with Crippen molar-refractivity contribution < 1.29 is 23.1 Å². The summed E-state index contributed by atoms with van der Waals surface area (Å²) >= 11 is 0. The molecule has 0 amide bonds. The van der Waals surface area contributed by atoms with E-state index >= 15 is 0 Å². The van der Waals surface area contributed by atoms with Gasteiger partial charge in [-0.2, -0.15) is 13.2 Å². The SMILES string of the molecule is CCN(CC(=O)O)C1CC(NCC(C)c2ccc(C(F)(F)F)cc2)C1. The molecule has 0 radical (unpaired) electrons. The van der Waals surface area contributed by atoms with Crippen molar-refractivity contribution in [1.82, 2.24) is 10.2 Å². The molecule has 140 valence electrons. The average molecular weight is 358 g/mol. The van der Waals surface area contributed by atoms with E-state index in [1.807, 2.05) is 18.7 Å². The van der Waals surface area contributed by atoms with Crippen molar-refractivity contribution in [1.29, 1.82) is 0 Å². The molecule has 25 heavy (non-hydrogen) atoms. The lowest BCUT2D eigenvalue weighted by atomic mass is 9.85. The van der Waals surface area contributed by atoms with Gasteiger partial charge in [-0.25, -0.2) is 0 Å². The number of halogens is 3. The lowest BCUT2D eigenvalue weighted by Gasteiger charge is -2.42. The summed E-state index contributed by atoms with van der Waals surface area (Å²) in [4.78, 5) is 12.8. The fraction of sp³-hybridized carbons (Fsp3) is 0.611. The van der Waals surface area contributed by atoms with Crippen LogP contribution in [0.15, 0.2) is 24.3 Å². The number of nitrogens with zero attached hydrogens (tertiary/aromatic N) is 1. The second-order valence-electron chi connectivity index (χ2n) is 6.71. The predicted molar refractivity (Wildman–Crippen MR) is 89.6 cm³/mol. The number of carboxylic acids is 1. The number of aliphatic carboxylic acids is 1. The highest BCUT2D eigenvalue weighted by atomic mass is 19.4. The van der Waals surface area contributed by atoms with Crippen LogP contribution in [-0.4, -0.2) is 47.7 Å². The molecule has 1 unspecified atom stereocenters. The van der Waals surface area contributed by atoms with Crippen LogP contribution in [0.5, 0.6) is 0 Å². The van der Waals surface area contributed by atoms with Crippen LogP contribution in [-0.2, 0) is 11.0 Å². The van der Waals surface area contributed by atoms with E-state index < -0.39 is 17.7 Å². The maximum Gasteiger partial charge on any atom is 0.416 e. The maximum absolute atomic E-state index is 12.6. The van der Waals surface area contributed by atoms with Gasteiger partial charge in [0.1, 0.15) is 0 Å². The largest absolute Gasteiger partial charge is 0.480 e. The van der Waals surface area contributed by atoms with Crippen LogP contribution in [0.3, 0.4) is 0 Å². The molecule has 4 nitrogen and oxygen atoms in total. The summed E-state index contributed by atoms with van der Waals surface area (Å²) in [6, 6.07) is 5.94. The zero-order chi connectivity index (χ0) is 18.6. The van der Waals surface area contributed by atoms with Gasteiger partial charge < -0.3 is 10.4 Å². The van der Waals surface area contributed by atoms with Gasteiger partial charge >= 0.3 is 12.1 Å². The van der Waals surface area contributed by atoms with Crippen LogP contribution < -0.4 is 5.32 Å². The first-order valence-corrected chi connectivity index (χ1v) is 8.57. The Bertz CT molecular complexity index is 569. The summed E-state index contributed by atoms with van der Waals surface area (Å²) in [5.41, 5.74) is 0.244. The summed E-state index contributed by atoms with van der Waals surface area (Å²) in [5.74, 6) is -0.697. The number of hydrogen-bond donors (Lipinski definition) is 2. The number of carboxylic acid groups (broad SMARTS) is 1. The second kappa shape index (κ2) is 8.19. The number of carbonyl (C=O) groups is 1. The van der Waals surface area contributed by atoms with Gasteiger partial charge in [-0.3, -0.25) is 9.69 Å². The molecular formula is C18H25F3N2O2. The Morgan fingerprint density at radius 1 is 1.32 bits per heavy atom. The van der Waals surface area contributed by atoms with Gasteiger partial charge in [-0.05, 0) is 43.0 Å². The highest BCUT2D eigenvalue weighted by molar-refractivity contribution is 5.69. The molecular weight excluding hydrogens is 333 g/mol. The molecule has 7 heteroatoms. The first kappa shape index (κ1) is 19.7. The van der Waals surface area contributed by atoms with E-state index in [0.29, 0.717) is 25.2 Å². The van der Waals surface area contributed by atoms with Gasteiger partial charge in [0.25, 0.3) is 0 Å². The average Bonchev–Trinajstić information content (AvgIpc) is 2.50. The second-order valence-corrected chi connectivity index (χ2v) is 6.71. The zero-order valence-electron chi connectivity index (χ0n) is 14.5. The van der Waals surface area contributed by atoms with Crippen LogP contribution in [0.2, 0.25) is 0 Å². The van der Waals surface area contributed by atoms with Gasteiger partial charge in [-0.15, -0.1) is 0 Å². The highest BCUT2D eigenvalue weighted by Crippen LogP contribution is 2.30. The Labute approximate surface area is 146 Å². The molecule has 0 bridgehead atoms. The van der Waals surface area contributed by atoms with Gasteiger partial charge in [-0.1, -0.05) is 26.0 Å². The predicted octanol–water partition coefficient (Wildman–Crippen LogP) is 3.34. The quantitative estimate of drug-likeness (QED) is 0.748. The molecule has 0 spiro atoms. The topological polar surface area (TPSA) is 52.6 Å². The molecule has 0 aromatic heterocycles. The summed E-state index contributed by atoms with van der Waals surface area (Å²) in [5, 5.41) is 12.3. The molecule has 2 N–H and O–H groups in total. The minimum Gasteiger partial charge on any atom is -0.480 e. The van der Waals surface area contributed by atoms with Crippen molar-refractivity contribution in [3.05, 3.63) is 35.4 Å². The van der Waals surface area contributed by atoms with E-state index in [4.69, 9.17) is 5.11 Å². The monoisotopic (exact) mass is 358 g/mol. The van der Waals surface area contributed by atoms with Gasteiger partial charge in [0.2, 0.25) is 0 Å². The van der Waals surface area contributed by atoms with E-state index in [0.717, 1.165) is 30.5 Å². The third-order valence-electron chi connectivity index (χ3n) is 4.89. The third-order valence-corrected chi connectivity index (χ3v) is 4.89. The smallest absolute Gasteiger partial charge is 0.416 e.